The Morgan fingerprint density at radius 2 is 2.06 bits per heavy atom. The molecule has 0 saturated carbocycles. The number of carbonyl (C=O) groups excluding carboxylic acids is 1. The van der Waals surface area contributed by atoms with E-state index >= 15 is 0 Å². The Kier molecular flexibility index (Phi) is 4.34. The molecule has 1 heterocycles. The summed E-state index contributed by atoms with van der Waals surface area (Å²) < 4.78 is 10.3. The smallest absolute Gasteiger partial charge is 0.410 e. The van der Waals surface area contributed by atoms with Crippen molar-refractivity contribution < 1.29 is 24.2 Å². The zero-order valence-electron chi connectivity index (χ0n) is 10.4. The van der Waals surface area contributed by atoms with Gasteiger partial charge in [-0.1, -0.05) is 0 Å². The first-order valence-electron chi connectivity index (χ1n) is 5.59. The highest BCUT2D eigenvalue weighted by molar-refractivity contribution is 5.69. The fourth-order valence-electron chi connectivity index (χ4n) is 1.55. The van der Waals surface area contributed by atoms with Gasteiger partial charge in [-0.3, -0.25) is 0 Å². The van der Waals surface area contributed by atoms with Crippen molar-refractivity contribution in [1.82, 2.24) is 4.90 Å². The van der Waals surface area contributed by atoms with Crippen LogP contribution in [0.25, 0.3) is 0 Å². The first-order chi connectivity index (χ1) is 7.78. The van der Waals surface area contributed by atoms with E-state index in [9.17, 15) is 9.59 Å². The molecule has 1 saturated heterocycles. The van der Waals surface area contributed by atoms with Gasteiger partial charge in [0, 0.05) is 6.54 Å². The van der Waals surface area contributed by atoms with Crippen molar-refractivity contribution in [3.63, 3.8) is 0 Å². The van der Waals surface area contributed by atoms with Crippen molar-refractivity contribution in [2.45, 2.75) is 38.9 Å². The number of nitrogens with zero attached hydrogens (tertiary/aromatic N) is 1. The van der Waals surface area contributed by atoms with E-state index in [1.807, 2.05) is 0 Å². The van der Waals surface area contributed by atoms with E-state index in [4.69, 9.17) is 14.6 Å². The van der Waals surface area contributed by atoms with Crippen LogP contribution in [-0.2, 0) is 14.3 Å². The average Bonchev–Trinajstić information content (AvgIpc) is 2.60. The molecule has 1 aliphatic heterocycles. The van der Waals surface area contributed by atoms with Gasteiger partial charge in [0.15, 0.2) is 0 Å². The van der Waals surface area contributed by atoms with Gasteiger partial charge < -0.3 is 19.5 Å². The van der Waals surface area contributed by atoms with Crippen molar-refractivity contribution in [2.75, 3.05) is 19.7 Å². The molecule has 0 aromatic rings. The minimum Gasteiger partial charge on any atom is -0.480 e. The van der Waals surface area contributed by atoms with Gasteiger partial charge >= 0.3 is 12.1 Å². The highest BCUT2D eigenvalue weighted by atomic mass is 16.6. The van der Waals surface area contributed by atoms with Crippen molar-refractivity contribution in [3.8, 4) is 0 Å². The lowest BCUT2D eigenvalue weighted by Gasteiger charge is -2.24. The highest BCUT2D eigenvalue weighted by Crippen LogP contribution is 2.16. The van der Waals surface area contributed by atoms with Crippen molar-refractivity contribution in [1.29, 1.82) is 0 Å². The molecule has 0 radical (unpaired) electrons. The van der Waals surface area contributed by atoms with Crippen LogP contribution in [0.4, 0.5) is 4.79 Å². The van der Waals surface area contributed by atoms with Gasteiger partial charge in [0.1, 0.15) is 12.2 Å². The molecule has 98 valence electrons. The molecule has 0 aliphatic carbocycles. The van der Waals surface area contributed by atoms with Crippen molar-refractivity contribution in [3.05, 3.63) is 0 Å². The third-order valence-electron chi connectivity index (χ3n) is 2.24. The first kappa shape index (κ1) is 13.8. The Balaban J connectivity index is 2.34. The summed E-state index contributed by atoms with van der Waals surface area (Å²) in [5.41, 5.74) is -0.517. The number of rotatable bonds is 3. The van der Waals surface area contributed by atoms with Crippen molar-refractivity contribution >= 4 is 12.1 Å². The zero-order valence-corrected chi connectivity index (χ0v) is 10.4. The van der Waals surface area contributed by atoms with Crippen molar-refractivity contribution in [2.24, 2.45) is 0 Å². The average molecular weight is 245 g/mol. The van der Waals surface area contributed by atoms with Gasteiger partial charge in [0.25, 0.3) is 0 Å². The zero-order chi connectivity index (χ0) is 13.1. The summed E-state index contributed by atoms with van der Waals surface area (Å²) in [6.07, 6.45) is 0.0598. The molecule has 1 rings (SSSR count). The van der Waals surface area contributed by atoms with Crippen LogP contribution in [-0.4, -0.2) is 53.5 Å². The summed E-state index contributed by atoms with van der Waals surface area (Å²) in [4.78, 5) is 23.5. The Morgan fingerprint density at radius 3 is 2.59 bits per heavy atom. The van der Waals surface area contributed by atoms with E-state index in [0.29, 0.717) is 19.5 Å². The molecule has 17 heavy (non-hydrogen) atoms. The third-order valence-corrected chi connectivity index (χ3v) is 2.24. The number of carbonyl (C=O) groups is 2. The number of hydrogen-bond acceptors (Lipinski definition) is 4. The van der Waals surface area contributed by atoms with Gasteiger partial charge in [-0.25, -0.2) is 9.59 Å². The predicted octanol–water partition coefficient (Wildman–Crippen LogP) is 1.10. The number of likely N-dealkylation sites (tertiary alicyclic amines) is 1. The topological polar surface area (TPSA) is 76.1 Å². The molecule has 6 heteroatoms. The van der Waals surface area contributed by atoms with Gasteiger partial charge in [0.2, 0.25) is 0 Å². The molecule has 1 amide bonds. The molecule has 0 aromatic carbocycles. The number of aliphatic carboxylic acids is 1. The van der Waals surface area contributed by atoms with Crippen LogP contribution in [0.2, 0.25) is 0 Å². The molecule has 0 bridgehead atoms. The maximum Gasteiger partial charge on any atom is 0.410 e. The predicted molar refractivity (Wildman–Crippen MR) is 59.8 cm³/mol. The van der Waals surface area contributed by atoms with Crippen LogP contribution in [0.15, 0.2) is 0 Å². The van der Waals surface area contributed by atoms with E-state index in [0.717, 1.165) is 0 Å². The van der Waals surface area contributed by atoms with Gasteiger partial charge in [-0.2, -0.15) is 0 Å². The lowest BCUT2D eigenvalue weighted by molar-refractivity contribution is -0.144. The van der Waals surface area contributed by atoms with E-state index in [1.54, 1.807) is 20.8 Å². The molecule has 1 aliphatic rings. The van der Waals surface area contributed by atoms with Crippen LogP contribution >= 0.6 is 0 Å². The molecule has 1 fully saturated rings. The van der Waals surface area contributed by atoms with Crippen LogP contribution in [0.5, 0.6) is 0 Å². The molecule has 6 nitrogen and oxygen atoms in total. The van der Waals surface area contributed by atoms with Crippen LogP contribution in [0, 0.1) is 0 Å². The Labute approximate surface area is 100 Å². The third kappa shape index (κ3) is 5.04. The number of carboxylic acid groups (broad SMARTS) is 1. The molecular formula is C11H19NO5. The fraction of sp³-hybridized carbons (Fsp3) is 0.818. The summed E-state index contributed by atoms with van der Waals surface area (Å²) in [7, 11) is 0. The van der Waals surface area contributed by atoms with E-state index in [1.165, 1.54) is 4.90 Å². The Morgan fingerprint density at radius 1 is 1.41 bits per heavy atom. The summed E-state index contributed by atoms with van der Waals surface area (Å²) >= 11 is 0. The fourth-order valence-corrected chi connectivity index (χ4v) is 1.55. The van der Waals surface area contributed by atoms with Crippen LogP contribution < -0.4 is 0 Å². The lowest BCUT2D eigenvalue weighted by atomic mass is 10.2. The molecular weight excluding hydrogens is 226 g/mol. The molecule has 0 aromatic heterocycles. The second kappa shape index (κ2) is 5.35. The summed E-state index contributed by atoms with van der Waals surface area (Å²) in [6.45, 7) is 6.02. The van der Waals surface area contributed by atoms with Crippen LogP contribution in [0.3, 0.4) is 0 Å². The summed E-state index contributed by atoms with van der Waals surface area (Å²) in [5.74, 6) is -0.999. The first-order valence-corrected chi connectivity index (χ1v) is 5.59. The molecule has 1 atom stereocenters. The van der Waals surface area contributed by atoms with Crippen LogP contribution in [0.1, 0.15) is 27.2 Å². The second-order valence-electron chi connectivity index (χ2n) is 5.04. The molecule has 0 spiro atoms. The summed E-state index contributed by atoms with van der Waals surface area (Å²) in [5, 5.41) is 8.47. The molecule has 1 N–H and O–H groups in total. The van der Waals surface area contributed by atoms with Gasteiger partial charge in [0.05, 0.1) is 12.6 Å². The monoisotopic (exact) mass is 245 g/mol. The quantitative estimate of drug-likeness (QED) is 0.805. The number of hydrogen-bond donors (Lipinski definition) is 1. The molecule has 0 unspecified atom stereocenters. The minimum atomic E-state index is -0.999. The second-order valence-corrected chi connectivity index (χ2v) is 5.04. The maximum absolute atomic E-state index is 11.7. The van der Waals surface area contributed by atoms with E-state index in [2.05, 4.69) is 0 Å². The van der Waals surface area contributed by atoms with Gasteiger partial charge in [-0.05, 0) is 27.2 Å². The standard InChI is InChI=1S/C11H19NO5/c1-11(2,3)17-10(15)12-5-4-8(6-12)16-7-9(13)14/h8H,4-7H2,1-3H3,(H,13,14)/t8-/m0/s1. The van der Waals surface area contributed by atoms with E-state index < -0.39 is 11.6 Å². The SMILES string of the molecule is CC(C)(C)OC(=O)N1CC[C@H](OCC(=O)O)C1. The highest BCUT2D eigenvalue weighted by Gasteiger charge is 2.30. The number of carboxylic acids is 1. The maximum atomic E-state index is 11.7. The Hall–Kier alpha value is -1.30. The number of ether oxygens (including phenoxy) is 2. The lowest BCUT2D eigenvalue weighted by Crippen LogP contribution is -2.36. The largest absolute Gasteiger partial charge is 0.480 e. The number of amides is 1. The normalized spacial score (nSPS) is 20.4. The minimum absolute atomic E-state index is 0.210. The van der Waals surface area contributed by atoms with E-state index in [-0.39, 0.29) is 18.8 Å². The van der Waals surface area contributed by atoms with Gasteiger partial charge in [-0.15, -0.1) is 0 Å². The summed E-state index contributed by atoms with van der Waals surface area (Å²) in [6, 6.07) is 0. The Bertz CT molecular complexity index is 297.